The molecule has 0 aromatic heterocycles. The Labute approximate surface area is 153 Å². The quantitative estimate of drug-likeness (QED) is 0.744. The van der Waals surface area contributed by atoms with Gasteiger partial charge in [-0.2, -0.15) is 0 Å². The van der Waals surface area contributed by atoms with E-state index in [1.807, 2.05) is 11.9 Å². The first-order chi connectivity index (χ1) is 12.4. The highest BCUT2D eigenvalue weighted by molar-refractivity contribution is 7.91. The second kappa shape index (κ2) is 6.35. The van der Waals surface area contributed by atoms with Crippen LogP contribution in [0.2, 0.25) is 0 Å². The summed E-state index contributed by atoms with van der Waals surface area (Å²) in [5.41, 5.74) is 1.34. The minimum atomic E-state index is -3.11. The molecule has 4 rings (SSSR count). The molecule has 1 aromatic rings. The third kappa shape index (κ3) is 3.01. The van der Waals surface area contributed by atoms with E-state index in [9.17, 15) is 18.0 Å². The van der Waals surface area contributed by atoms with Crippen molar-refractivity contribution in [1.82, 2.24) is 9.80 Å². The Balaban J connectivity index is 1.54. The van der Waals surface area contributed by atoms with Crippen molar-refractivity contribution < 1.29 is 18.0 Å². The van der Waals surface area contributed by atoms with Gasteiger partial charge in [0.25, 0.3) is 5.91 Å². The van der Waals surface area contributed by atoms with Gasteiger partial charge in [-0.15, -0.1) is 0 Å². The highest BCUT2D eigenvalue weighted by Gasteiger charge is 2.47. The standard InChI is InChI=1S/C18H23N3O4S/c1-19-9-10-21(16-12-26(24,25)11-15(16)19)18(23)13-4-6-14(7-5-13)20-8-2-3-17(20)22/h4-7,15-16H,2-3,8-12H2,1H3. The van der Waals surface area contributed by atoms with Crippen LogP contribution in [0.25, 0.3) is 0 Å². The Bertz CT molecular complexity index is 836. The molecule has 3 aliphatic heterocycles. The van der Waals surface area contributed by atoms with Gasteiger partial charge in [0.1, 0.15) is 0 Å². The fourth-order valence-corrected chi connectivity index (χ4v) is 6.30. The van der Waals surface area contributed by atoms with Crippen LogP contribution < -0.4 is 4.90 Å². The molecule has 3 aliphatic rings. The minimum Gasteiger partial charge on any atom is -0.332 e. The second-order valence-electron chi connectivity index (χ2n) is 7.39. The summed E-state index contributed by atoms with van der Waals surface area (Å²) in [4.78, 5) is 30.3. The largest absolute Gasteiger partial charge is 0.332 e. The van der Waals surface area contributed by atoms with Crippen LogP contribution in [0.5, 0.6) is 0 Å². The van der Waals surface area contributed by atoms with Crippen LogP contribution in [-0.4, -0.2) is 80.3 Å². The zero-order valence-corrected chi connectivity index (χ0v) is 15.6. The smallest absolute Gasteiger partial charge is 0.254 e. The number of piperazine rings is 1. The molecule has 0 radical (unpaired) electrons. The van der Waals surface area contributed by atoms with Crippen molar-refractivity contribution in [2.24, 2.45) is 0 Å². The molecule has 7 nitrogen and oxygen atoms in total. The Kier molecular flexibility index (Phi) is 4.27. The van der Waals surface area contributed by atoms with Gasteiger partial charge in [-0.1, -0.05) is 0 Å². The first-order valence-electron chi connectivity index (χ1n) is 8.98. The number of hydrogen-bond acceptors (Lipinski definition) is 5. The molecule has 0 bridgehead atoms. The molecule has 0 spiro atoms. The van der Waals surface area contributed by atoms with Crippen LogP contribution in [0.15, 0.2) is 24.3 Å². The van der Waals surface area contributed by atoms with Crippen LogP contribution in [0.4, 0.5) is 5.69 Å². The fraction of sp³-hybridized carbons (Fsp3) is 0.556. The number of carbonyl (C=O) groups is 2. The van der Waals surface area contributed by atoms with Crippen LogP contribution in [0, 0.1) is 0 Å². The third-order valence-electron chi connectivity index (χ3n) is 5.71. The van der Waals surface area contributed by atoms with E-state index in [-0.39, 0.29) is 35.4 Å². The Morgan fingerprint density at radius 3 is 2.38 bits per heavy atom. The number of nitrogens with zero attached hydrogens (tertiary/aromatic N) is 3. The maximum Gasteiger partial charge on any atom is 0.254 e. The molecule has 0 saturated carbocycles. The zero-order valence-electron chi connectivity index (χ0n) is 14.8. The molecular weight excluding hydrogens is 354 g/mol. The van der Waals surface area contributed by atoms with Crippen molar-refractivity contribution in [3.63, 3.8) is 0 Å². The van der Waals surface area contributed by atoms with E-state index in [1.165, 1.54) is 0 Å². The fourth-order valence-electron chi connectivity index (χ4n) is 4.25. The highest BCUT2D eigenvalue weighted by Crippen LogP contribution is 2.28. The van der Waals surface area contributed by atoms with Gasteiger partial charge in [0, 0.05) is 43.3 Å². The lowest BCUT2D eigenvalue weighted by atomic mass is 10.0. The van der Waals surface area contributed by atoms with Crippen molar-refractivity contribution in [1.29, 1.82) is 0 Å². The maximum absolute atomic E-state index is 13.0. The van der Waals surface area contributed by atoms with Crippen molar-refractivity contribution in [3.05, 3.63) is 29.8 Å². The Hall–Kier alpha value is -1.93. The summed E-state index contributed by atoms with van der Waals surface area (Å²) in [5, 5.41) is 0. The summed E-state index contributed by atoms with van der Waals surface area (Å²) in [6.45, 7) is 1.91. The summed E-state index contributed by atoms with van der Waals surface area (Å²) in [6, 6.07) is 6.66. The molecule has 0 N–H and O–H groups in total. The van der Waals surface area contributed by atoms with E-state index in [4.69, 9.17) is 0 Å². The van der Waals surface area contributed by atoms with E-state index in [0.29, 0.717) is 31.6 Å². The van der Waals surface area contributed by atoms with Crippen LogP contribution in [-0.2, 0) is 14.6 Å². The number of hydrogen-bond donors (Lipinski definition) is 0. The molecule has 8 heteroatoms. The van der Waals surface area contributed by atoms with Gasteiger partial charge in [-0.05, 0) is 37.7 Å². The highest BCUT2D eigenvalue weighted by atomic mass is 32.2. The third-order valence-corrected chi connectivity index (χ3v) is 7.41. The second-order valence-corrected chi connectivity index (χ2v) is 9.54. The van der Waals surface area contributed by atoms with Crippen molar-refractivity contribution in [2.75, 3.05) is 43.1 Å². The number of rotatable bonds is 2. The zero-order chi connectivity index (χ0) is 18.5. The van der Waals surface area contributed by atoms with Crippen molar-refractivity contribution in [3.8, 4) is 0 Å². The Morgan fingerprint density at radius 2 is 1.73 bits per heavy atom. The predicted octanol–water partition coefficient (Wildman–Crippen LogP) is 0.367. The van der Waals surface area contributed by atoms with Gasteiger partial charge < -0.3 is 9.80 Å². The molecule has 2 atom stereocenters. The van der Waals surface area contributed by atoms with E-state index < -0.39 is 9.84 Å². The summed E-state index contributed by atoms with van der Waals surface area (Å²) < 4.78 is 24.1. The van der Waals surface area contributed by atoms with Crippen molar-refractivity contribution >= 4 is 27.3 Å². The van der Waals surface area contributed by atoms with Gasteiger partial charge in [0.2, 0.25) is 5.91 Å². The lowest BCUT2D eigenvalue weighted by Crippen LogP contribution is -2.59. The van der Waals surface area contributed by atoms with Gasteiger partial charge in [0.05, 0.1) is 17.5 Å². The average molecular weight is 377 g/mol. The van der Waals surface area contributed by atoms with Crippen LogP contribution in [0.3, 0.4) is 0 Å². The number of benzene rings is 1. The molecule has 2 amide bonds. The summed E-state index contributed by atoms with van der Waals surface area (Å²) in [7, 11) is -1.20. The number of fused-ring (bicyclic) bond motifs is 1. The van der Waals surface area contributed by atoms with E-state index in [2.05, 4.69) is 0 Å². The molecule has 2 unspecified atom stereocenters. The number of likely N-dealkylation sites (N-methyl/N-ethyl adjacent to an activating group) is 1. The SMILES string of the molecule is CN1CCN(C(=O)c2ccc(N3CCCC3=O)cc2)C2CS(=O)(=O)CC21. The average Bonchev–Trinajstić information content (AvgIpc) is 3.17. The summed E-state index contributed by atoms with van der Waals surface area (Å²) in [5.74, 6) is 0.133. The summed E-state index contributed by atoms with van der Waals surface area (Å²) in [6.07, 6.45) is 1.43. The number of sulfone groups is 1. The van der Waals surface area contributed by atoms with Crippen LogP contribution >= 0.6 is 0 Å². The molecule has 26 heavy (non-hydrogen) atoms. The molecular formula is C18H23N3O4S. The van der Waals surface area contributed by atoms with Crippen LogP contribution in [0.1, 0.15) is 23.2 Å². The lowest BCUT2D eigenvalue weighted by Gasteiger charge is -2.42. The maximum atomic E-state index is 13.0. The monoisotopic (exact) mass is 377 g/mol. The number of anilines is 1. The minimum absolute atomic E-state index is 0.0358. The molecule has 0 aliphatic carbocycles. The first kappa shape index (κ1) is 17.5. The predicted molar refractivity (Wildman–Crippen MR) is 97.9 cm³/mol. The normalized spacial score (nSPS) is 28.4. The first-order valence-corrected chi connectivity index (χ1v) is 10.8. The molecule has 140 valence electrons. The summed E-state index contributed by atoms with van der Waals surface area (Å²) >= 11 is 0. The number of carbonyl (C=O) groups excluding carboxylic acids is 2. The lowest BCUT2D eigenvalue weighted by molar-refractivity contribution is -0.117. The molecule has 1 aromatic carbocycles. The van der Waals surface area contributed by atoms with Gasteiger partial charge in [0.15, 0.2) is 9.84 Å². The molecule has 3 saturated heterocycles. The molecule has 3 heterocycles. The van der Waals surface area contributed by atoms with E-state index >= 15 is 0 Å². The van der Waals surface area contributed by atoms with E-state index in [0.717, 1.165) is 12.1 Å². The van der Waals surface area contributed by atoms with E-state index in [1.54, 1.807) is 34.1 Å². The van der Waals surface area contributed by atoms with Gasteiger partial charge in [-0.25, -0.2) is 8.42 Å². The van der Waals surface area contributed by atoms with Crippen molar-refractivity contribution in [2.45, 2.75) is 24.9 Å². The Morgan fingerprint density at radius 1 is 1.04 bits per heavy atom. The van der Waals surface area contributed by atoms with Gasteiger partial charge >= 0.3 is 0 Å². The van der Waals surface area contributed by atoms with Gasteiger partial charge in [-0.3, -0.25) is 14.5 Å². The molecule has 3 fully saturated rings. The number of amides is 2. The topological polar surface area (TPSA) is 78.0 Å².